The molecule has 121 valence electrons. The molecule has 12 N–H and O–H groups in total. The number of hydrogen-bond donors (Lipinski definition) is 4. The summed E-state index contributed by atoms with van der Waals surface area (Å²) in [6.45, 7) is 0. The number of hydrogen-bond acceptors (Lipinski definition) is 10. The number of nitrogens with zero attached hydrogens (tertiary/aromatic N) is 3. The molecule has 0 aliphatic carbocycles. The van der Waals surface area contributed by atoms with Gasteiger partial charge in [0.05, 0.1) is 0 Å². The van der Waals surface area contributed by atoms with Crippen molar-refractivity contribution in [2.24, 2.45) is 0 Å². The third-order valence-electron chi connectivity index (χ3n) is 0.327. The molecule has 0 saturated carbocycles. The van der Waals surface area contributed by atoms with E-state index in [4.69, 9.17) is 0 Å². The summed E-state index contributed by atoms with van der Waals surface area (Å²) in [6.07, 6.45) is 0. The zero-order chi connectivity index (χ0) is 8.31. The molecule has 0 aliphatic heterocycles. The van der Waals surface area contributed by atoms with Gasteiger partial charge in [-0.05, 0) is 0 Å². The van der Waals surface area contributed by atoms with E-state index in [1.807, 2.05) is 0 Å². The molecule has 0 aliphatic rings. The van der Waals surface area contributed by atoms with E-state index in [0.29, 0.717) is 0 Å². The molecule has 0 heterocycles. The number of halogens is 3. The Morgan fingerprint density at radius 2 is 0.722 bits per heavy atom. The Morgan fingerprint density at radius 1 is 0.611 bits per heavy atom. The second-order valence-electron chi connectivity index (χ2n) is 0.789. The molecule has 13 nitrogen and oxygen atoms in total. The first kappa shape index (κ1) is 64.1. The molecule has 0 saturated heterocycles. The van der Waals surface area contributed by atoms with Crippen LogP contribution in [0.25, 0.3) is 0 Å². The fourth-order valence-electron chi connectivity index (χ4n) is 0.133. The average Bonchev–Trinajstić information content (AvgIpc) is 1.59. The van der Waals surface area contributed by atoms with Gasteiger partial charge in [0.25, 0.3) is 0 Å². The van der Waals surface area contributed by atoms with Gasteiger partial charge in [-0.3, -0.25) is 0 Å². The van der Waals surface area contributed by atoms with Crippen LogP contribution in [0.5, 0.6) is 0 Å². The van der Waals surface area contributed by atoms with Crippen molar-refractivity contribution in [1.82, 2.24) is 24.6 Å². The summed E-state index contributed by atoms with van der Waals surface area (Å²) in [5, 5.41) is 28.6. The van der Waals surface area contributed by atoms with E-state index in [1.165, 1.54) is 0 Å². The second-order valence-corrected chi connectivity index (χ2v) is 2.55. The van der Waals surface area contributed by atoms with Gasteiger partial charge in [0.15, 0.2) is 0 Å². The van der Waals surface area contributed by atoms with Crippen LogP contribution >= 0.6 is 0 Å². The molecule has 0 aromatic carbocycles. The molecule has 18 heteroatoms. The Bertz CT molecular complexity index is 174. The van der Waals surface area contributed by atoms with E-state index in [1.54, 1.807) is 0 Å². The van der Waals surface area contributed by atoms with Crippen molar-refractivity contribution in [2.75, 3.05) is 0 Å². The maximum Gasteiger partial charge on any atom is 3.00 e. The topological polar surface area (TPSA) is 269 Å². The van der Waals surface area contributed by atoms with E-state index < -0.39 is 26.2 Å². The summed E-state index contributed by atoms with van der Waals surface area (Å²) in [7, 11) is 0. The molecule has 1 radical (unpaired) electrons. The van der Waals surface area contributed by atoms with Crippen LogP contribution in [0.1, 0.15) is 0 Å². The van der Waals surface area contributed by atoms with Crippen LogP contribution in [0, 0.1) is 30.3 Å². The minimum atomic E-state index is -3.55. The quantitative estimate of drug-likeness (QED) is 0.186. The molecular formula is H12Cl3CoN7O6Os. The van der Waals surface area contributed by atoms with Gasteiger partial charge in [0, 0.05) is 0 Å². The van der Waals surface area contributed by atoms with Crippen LogP contribution in [-0.4, -0.2) is 11.9 Å². The van der Waals surface area contributed by atoms with E-state index >= 15 is 0 Å². The predicted octanol–water partition coefficient (Wildman–Crippen LogP) is -9.16. The van der Waals surface area contributed by atoms with Crippen LogP contribution in [0.2, 0.25) is 0 Å². The molecule has 0 unspecified atom stereocenters. The Morgan fingerprint density at radius 3 is 0.722 bits per heavy atom. The SMILES string of the molecule is N.N.N.N.O=[N+]([O-])[Co]([N+](=O)[O-])[N+](=O)[O-].[Cl-].[Cl-].[Cl-].[Os+3]. The van der Waals surface area contributed by atoms with E-state index in [2.05, 4.69) is 0 Å². The van der Waals surface area contributed by atoms with Gasteiger partial charge in [-0.1, -0.05) is 0 Å². The van der Waals surface area contributed by atoms with Gasteiger partial charge in [-0.25, -0.2) is 0 Å². The van der Waals surface area contributed by atoms with Gasteiger partial charge in [0.1, 0.15) is 0 Å². The van der Waals surface area contributed by atoms with Gasteiger partial charge >= 0.3 is 76.4 Å². The number of nitro groups is 3. The van der Waals surface area contributed by atoms with Gasteiger partial charge in [-0.15, -0.1) is 0 Å². The van der Waals surface area contributed by atoms with Crippen molar-refractivity contribution in [2.45, 2.75) is 0 Å². The van der Waals surface area contributed by atoms with Crippen molar-refractivity contribution in [3.63, 3.8) is 0 Å². The summed E-state index contributed by atoms with van der Waals surface area (Å²) in [5.74, 6) is 0. The maximum atomic E-state index is 9.53. The largest absolute Gasteiger partial charge is 3.00 e. The Hall–Kier alpha value is 0.0529. The van der Waals surface area contributed by atoms with Crippen molar-refractivity contribution in [3.05, 3.63) is 30.3 Å². The molecule has 0 amide bonds. The first-order valence-electron chi connectivity index (χ1n) is 1.54. The fourth-order valence-corrected chi connectivity index (χ4v) is 0.550. The summed E-state index contributed by atoms with van der Waals surface area (Å²) >= 11 is -3.55. The molecule has 0 spiro atoms. The fraction of sp³-hybridized carbons (Fsp3) is 0. The molecule has 0 aromatic rings. The van der Waals surface area contributed by atoms with Gasteiger partial charge in [-0.2, -0.15) is 0 Å². The monoisotopic (exact) mass is 562 g/mol. The molecule has 18 heavy (non-hydrogen) atoms. The van der Waals surface area contributed by atoms with E-state index in [0.717, 1.165) is 0 Å². The van der Waals surface area contributed by atoms with E-state index in [-0.39, 0.29) is 81.6 Å². The summed E-state index contributed by atoms with van der Waals surface area (Å²) in [6, 6.07) is 0. The van der Waals surface area contributed by atoms with Crippen molar-refractivity contribution < 1.29 is 83.2 Å². The smallest absolute Gasteiger partial charge is 1.00 e. The van der Waals surface area contributed by atoms with Crippen LogP contribution < -0.4 is 61.8 Å². The zero-order valence-electron chi connectivity index (χ0n) is 8.44. The molecule has 0 fully saturated rings. The first-order valence-corrected chi connectivity index (χ1v) is 2.94. The van der Waals surface area contributed by atoms with E-state index in [9.17, 15) is 30.3 Å². The predicted molar refractivity (Wildman–Crippen MR) is 41.1 cm³/mol. The Labute approximate surface area is 138 Å². The minimum absolute atomic E-state index is 0. The number of rotatable bonds is 3. The Balaban J connectivity index is -0.0000000145. The van der Waals surface area contributed by atoms with Gasteiger partial charge in [0.2, 0.25) is 0 Å². The summed E-state index contributed by atoms with van der Waals surface area (Å²) in [4.78, 5) is 28.6. The van der Waals surface area contributed by atoms with Crippen LogP contribution in [-0.2, 0) is 34.1 Å². The van der Waals surface area contributed by atoms with Crippen LogP contribution in [0.4, 0.5) is 0 Å². The van der Waals surface area contributed by atoms with Crippen LogP contribution in [0.3, 0.4) is 0 Å². The average molecular weight is 562 g/mol. The molecule has 0 bridgehead atoms. The molecular weight excluding hydrogens is 550 g/mol. The standard InChI is InChI=1S/3ClH.Co.3NO2.4H3N.Os/c;;;;3*2-1-3;;;;;/h3*1H;;;;;4*1H3;/q;;;;;;;;;;;+3/p-3. The summed E-state index contributed by atoms with van der Waals surface area (Å²) in [5.41, 5.74) is 0. The zero-order valence-corrected chi connectivity index (χ0v) is 14.3. The molecule has 0 atom stereocenters. The van der Waals surface area contributed by atoms with Crippen molar-refractivity contribution >= 4 is 0 Å². The second kappa shape index (κ2) is 30.2. The summed E-state index contributed by atoms with van der Waals surface area (Å²) < 4.78 is -4.56. The van der Waals surface area contributed by atoms with Crippen molar-refractivity contribution in [1.29, 1.82) is 0 Å². The first-order chi connectivity index (χ1) is 4.46. The molecule has 0 aromatic heterocycles. The van der Waals surface area contributed by atoms with Gasteiger partial charge < -0.3 is 61.8 Å². The third-order valence-corrected chi connectivity index (χ3v) is 1.35. The molecule has 0 rings (SSSR count). The van der Waals surface area contributed by atoms with Crippen LogP contribution in [0.15, 0.2) is 0 Å². The maximum absolute atomic E-state index is 9.53. The van der Waals surface area contributed by atoms with Crippen molar-refractivity contribution in [3.8, 4) is 0 Å². The normalized spacial score (nSPS) is 5.67. The minimum Gasteiger partial charge on any atom is -1.00 e. The Kier molecular flexibility index (Phi) is 108. The third kappa shape index (κ3) is 25.0.